The first kappa shape index (κ1) is 14.7. The number of aliphatic hydroxyl groups is 1. The van der Waals surface area contributed by atoms with Crippen molar-refractivity contribution in [2.75, 3.05) is 6.54 Å². The SMILES string of the molecule is CCC(CC)C(O)CNCc1cc(C(=O)O)no1. The molecule has 0 aliphatic carbocycles. The van der Waals surface area contributed by atoms with Crippen LogP contribution in [-0.4, -0.2) is 34.0 Å². The zero-order chi connectivity index (χ0) is 13.5. The van der Waals surface area contributed by atoms with E-state index < -0.39 is 12.1 Å². The van der Waals surface area contributed by atoms with Crippen molar-refractivity contribution >= 4 is 5.97 Å². The first-order valence-corrected chi connectivity index (χ1v) is 6.16. The molecular weight excluding hydrogens is 236 g/mol. The minimum Gasteiger partial charge on any atom is -0.476 e. The van der Waals surface area contributed by atoms with E-state index in [-0.39, 0.29) is 11.6 Å². The molecule has 0 bridgehead atoms. The van der Waals surface area contributed by atoms with E-state index in [2.05, 4.69) is 10.5 Å². The molecule has 0 saturated heterocycles. The maximum atomic E-state index is 10.6. The predicted molar refractivity (Wildman–Crippen MR) is 65.2 cm³/mol. The molecule has 1 unspecified atom stereocenters. The van der Waals surface area contributed by atoms with Crippen LogP contribution in [0.4, 0.5) is 0 Å². The van der Waals surface area contributed by atoms with Gasteiger partial charge in [-0.1, -0.05) is 31.8 Å². The molecule has 1 aromatic heterocycles. The van der Waals surface area contributed by atoms with Crippen molar-refractivity contribution < 1.29 is 19.5 Å². The van der Waals surface area contributed by atoms with Gasteiger partial charge in [0.15, 0.2) is 11.5 Å². The van der Waals surface area contributed by atoms with Crippen LogP contribution in [0.15, 0.2) is 10.6 Å². The third-order valence-electron chi connectivity index (χ3n) is 3.02. The van der Waals surface area contributed by atoms with E-state index in [1.807, 2.05) is 13.8 Å². The van der Waals surface area contributed by atoms with E-state index in [0.717, 1.165) is 12.8 Å². The summed E-state index contributed by atoms with van der Waals surface area (Å²) in [5.41, 5.74) is -0.104. The summed E-state index contributed by atoms with van der Waals surface area (Å²) in [7, 11) is 0. The van der Waals surface area contributed by atoms with E-state index in [9.17, 15) is 9.90 Å². The van der Waals surface area contributed by atoms with Gasteiger partial charge in [-0.05, 0) is 5.92 Å². The summed E-state index contributed by atoms with van der Waals surface area (Å²) >= 11 is 0. The Hall–Kier alpha value is -1.40. The van der Waals surface area contributed by atoms with Crippen molar-refractivity contribution in [3.63, 3.8) is 0 Å². The molecule has 18 heavy (non-hydrogen) atoms. The highest BCUT2D eigenvalue weighted by Gasteiger charge is 2.15. The van der Waals surface area contributed by atoms with Crippen LogP contribution in [0.1, 0.15) is 42.9 Å². The Morgan fingerprint density at radius 3 is 2.67 bits per heavy atom. The van der Waals surface area contributed by atoms with Gasteiger partial charge in [-0.2, -0.15) is 0 Å². The van der Waals surface area contributed by atoms with Gasteiger partial charge in [-0.25, -0.2) is 4.79 Å². The lowest BCUT2D eigenvalue weighted by Crippen LogP contribution is -2.32. The number of carboxylic acid groups (broad SMARTS) is 1. The molecule has 3 N–H and O–H groups in total. The zero-order valence-corrected chi connectivity index (χ0v) is 10.7. The van der Waals surface area contributed by atoms with Gasteiger partial charge in [0.25, 0.3) is 0 Å². The molecule has 0 amide bonds. The molecule has 6 heteroatoms. The third-order valence-corrected chi connectivity index (χ3v) is 3.02. The summed E-state index contributed by atoms with van der Waals surface area (Å²) in [6.45, 7) is 4.91. The lowest BCUT2D eigenvalue weighted by Gasteiger charge is -2.19. The number of rotatable bonds is 8. The van der Waals surface area contributed by atoms with E-state index in [1.165, 1.54) is 6.07 Å². The molecule has 0 saturated carbocycles. The Kier molecular flexibility index (Phi) is 5.80. The first-order chi connectivity index (χ1) is 8.58. The van der Waals surface area contributed by atoms with Gasteiger partial charge >= 0.3 is 5.97 Å². The van der Waals surface area contributed by atoms with Crippen molar-refractivity contribution in [1.82, 2.24) is 10.5 Å². The van der Waals surface area contributed by atoms with Crippen LogP contribution in [0.25, 0.3) is 0 Å². The predicted octanol–water partition coefficient (Wildman–Crippen LogP) is 1.26. The summed E-state index contributed by atoms with van der Waals surface area (Å²) in [6, 6.07) is 1.37. The van der Waals surface area contributed by atoms with Crippen LogP contribution in [-0.2, 0) is 6.54 Å². The molecule has 0 spiro atoms. The number of aromatic carboxylic acids is 1. The summed E-state index contributed by atoms with van der Waals surface area (Å²) in [5, 5.41) is 25.0. The normalized spacial score (nSPS) is 12.9. The van der Waals surface area contributed by atoms with Gasteiger partial charge < -0.3 is 20.1 Å². The summed E-state index contributed by atoms with van der Waals surface area (Å²) in [4.78, 5) is 10.6. The van der Waals surface area contributed by atoms with Gasteiger partial charge in [0.1, 0.15) is 0 Å². The largest absolute Gasteiger partial charge is 0.476 e. The van der Waals surface area contributed by atoms with Gasteiger partial charge in [-0.3, -0.25) is 0 Å². The molecular formula is C12H20N2O4. The highest BCUT2D eigenvalue weighted by Crippen LogP contribution is 2.12. The Labute approximate surface area is 106 Å². The number of aromatic nitrogens is 1. The summed E-state index contributed by atoms with van der Waals surface area (Å²) in [6.07, 6.45) is 1.47. The minimum absolute atomic E-state index is 0.104. The second kappa shape index (κ2) is 7.13. The Bertz CT molecular complexity index is 374. The zero-order valence-electron chi connectivity index (χ0n) is 10.7. The molecule has 0 radical (unpaired) electrons. The van der Waals surface area contributed by atoms with Crippen molar-refractivity contribution in [3.05, 3.63) is 17.5 Å². The van der Waals surface area contributed by atoms with Crippen LogP contribution in [0.2, 0.25) is 0 Å². The second-order valence-corrected chi connectivity index (χ2v) is 4.26. The molecule has 0 aromatic carbocycles. The van der Waals surface area contributed by atoms with Gasteiger partial charge in [0.05, 0.1) is 12.6 Å². The Morgan fingerprint density at radius 2 is 2.17 bits per heavy atom. The van der Waals surface area contributed by atoms with E-state index in [4.69, 9.17) is 9.63 Å². The summed E-state index contributed by atoms with van der Waals surface area (Å²) < 4.78 is 4.85. The number of nitrogens with zero attached hydrogens (tertiary/aromatic N) is 1. The molecule has 1 rings (SSSR count). The van der Waals surface area contributed by atoms with Crippen LogP contribution in [0.3, 0.4) is 0 Å². The van der Waals surface area contributed by atoms with Gasteiger partial charge in [-0.15, -0.1) is 0 Å². The molecule has 6 nitrogen and oxygen atoms in total. The molecule has 1 heterocycles. The van der Waals surface area contributed by atoms with Crippen molar-refractivity contribution in [2.45, 2.75) is 39.3 Å². The number of carboxylic acids is 1. The number of hydrogen-bond donors (Lipinski definition) is 3. The molecule has 102 valence electrons. The van der Waals surface area contributed by atoms with E-state index in [1.54, 1.807) is 0 Å². The molecule has 0 aliphatic rings. The topological polar surface area (TPSA) is 95.6 Å². The van der Waals surface area contributed by atoms with Crippen LogP contribution >= 0.6 is 0 Å². The van der Waals surface area contributed by atoms with Crippen LogP contribution in [0, 0.1) is 5.92 Å². The fourth-order valence-electron chi connectivity index (χ4n) is 1.84. The van der Waals surface area contributed by atoms with Gasteiger partial charge in [0.2, 0.25) is 0 Å². The first-order valence-electron chi connectivity index (χ1n) is 6.16. The quantitative estimate of drug-likeness (QED) is 0.648. The van der Waals surface area contributed by atoms with Crippen molar-refractivity contribution in [3.8, 4) is 0 Å². The van der Waals surface area contributed by atoms with E-state index in [0.29, 0.717) is 18.8 Å². The lowest BCUT2D eigenvalue weighted by atomic mass is 9.96. The fraction of sp³-hybridized carbons (Fsp3) is 0.667. The third kappa shape index (κ3) is 4.12. The number of nitrogens with one attached hydrogen (secondary N) is 1. The smallest absolute Gasteiger partial charge is 0.358 e. The maximum absolute atomic E-state index is 10.6. The fourth-order valence-corrected chi connectivity index (χ4v) is 1.84. The van der Waals surface area contributed by atoms with Crippen molar-refractivity contribution in [2.24, 2.45) is 5.92 Å². The minimum atomic E-state index is -1.11. The Morgan fingerprint density at radius 1 is 1.50 bits per heavy atom. The van der Waals surface area contributed by atoms with Crippen LogP contribution in [0.5, 0.6) is 0 Å². The van der Waals surface area contributed by atoms with Gasteiger partial charge in [0, 0.05) is 12.6 Å². The molecule has 0 aliphatic heterocycles. The average Bonchev–Trinajstić information content (AvgIpc) is 2.79. The highest BCUT2D eigenvalue weighted by atomic mass is 16.5. The van der Waals surface area contributed by atoms with Crippen molar-refractivity contribution in [1.29, 1.82) is 0 Å². The standard InChI is InChI=1S/C12H20N2O4/c1-3-8(4-2)11(15)7-13-6-9-5-10(12(16)17)14-18-9/h5,8,11,13,15H,3-4,6-7H2,1-2H3,(H,16,17). The number of aliphatic hydroxyl groups excluding tert-OH is 1. The summed E-state index contributed by atoms with van der Waals surface area (Å²) in [5.74, 6) is -0.381. The van der Waals surface area contributed by atoms with E-state index >= 15 is 0 Å². The average molecular weight is 256 g/mol. The molecule has 0 fully saturated rings. The molecule has 1 aromatic rings. The second-order valence-electron chi connectivity index (χ2n) is 4.26. The lowest BCUT2D eigenvalue weighted by molar-refractivity contribution is 0.0685. The monoisotopic (exact) mass is 256 g/mol. The Balaban J connectivity index is 2.34. The maximum Gasteiger partial charge on any atom is 0.358 e. The number of carbonyl (C=O) groups is 1. The highest BCUT2D eigenvalue weighted by molar-refractivity contribution is 5.85. The molecule has 1 atom stereocenters. The number of hydrogen-bond acceptors (Lipinski definition) is 5. The van der Waals surface area contributed by atoms with Crippen LogP contribution < -0.4 is 5.32 Å².